The minimum atomic E-state index is -1.25. The summed E-state index contributed by atoms with van der Waals surface area (Å²) in [5, 5.41) is 10.3. The van der Waals surface area contributed by atoms with E-state index in [0.29, 0.717) is 21.5 Å². The third-order valence-corrected chi connectivity index (χ3v) is 2.59. The Bertz CT molecular complexity index is 426. The Morgan fingerprint density at radius 1 is 1.31 bits per heavy atom. The Hall–Kier alpha value is -1.49. The van der Waals surface area contributed by atoms with E-state index in [9.17, 15) is 9.90 Å². The summed E-state index contributed by atoms with van der Waals surface area (Å²) in [6, 6.07) is 3.37. The van der Waals surface area contributed by atoms with E-state index < -0.39 is 5.97 Å². The summed E-state index contributed by atoms with van der Waals surface area (Å²) in [5.74, 6) is -0.148. The minimum absolute atomic E-state index is 0.531. The third-order valence-electron chi connectivity index (χ3n) is 1.90. The smallest absolute Gasteiger partial charge is 0.161 e. The topological polar surface area (TPSA) is 58.6 Å². The predicted octanol–water partition coefficient (Wildman–Crippen LogP) is 1.23. The average molecular weight is 286 g/mol. The number of carboxylic acids is 1. The van der Waals surface area contributed by atoms with Crippen molar-refractivity contribution in [2.24, 2.45) is 0 Å². The van der Waals surface area contributed by atoms with E-state index in [0.717, 1.165) is 6.08 Å². The summed E-state index contributed by atoms with van der Waals surface area (Å²) in [6.07, 6.45) is 2.37. The molecule has 86 valence electrons. The van der Waals surface area contributed by atoms with Crippen molar-refractivity contribution in [3.63, 3.8) is 0 Å². The predicted molar refractivity (Wildman–Crippen MR) is 61.3 cm³/mol. The zero-order valence-electron chi connectivity index (χ0n) is 8.82. The number of hydrogen-bond acceptors (Lipinski definition) is 4. The van der Waals surface area contributed by atoms with Crippen LogP contribution in [-0.4, -0.2) is 20.2 Å². The molecule has 0 N–H and O–H groups in total. The molecule has 1 aromatic rings. The molecule has 0 aliphatic heterocycles. The second kappa shape index (κ2) is 5.55. The standard InChI is InChI=1S/C11H11BrO4/c1-15-9-5-7(3-4-11(13)14)8(12)6-10(9)16-2/h3-6H,1-2H3,(H,13,14)/p-1/b4-3+. The lowest BCUT2D eigenvalue weighted by molar-refractivity contribution is -0.297. The highest BCUT2D eigenvalue weighted by Gasteiger charge is 2.07. The van der Waals surface area contributed by atoms with Crippen molar-refractivity contribution >= 4 is 28.0 Å². The van der Waals surface area contributed by atoms with Crippen LogP contribution in [0.2, 0.25) is 0 Å². The molecule has 0 unspecified atom stereocenters. The lowest BCUT2D eigenvalue weighted by atomic mass is 10.2. The van der Waals surface area contributed by atoms with Gasteiger partial charge in [-0.15, -0.1) is 0 Å². The zero-order valence-corrected chi connectivity index (χ0v) is 10.4. The molecule has 0 aromatic heterocycles. The van der Waals surface area contributed by atoms with E-state index in [4.69, 9.17) is 9.47 Å². The molecular weight excluding hydrogens is 276 g/mol. The second-order valence-electron chi connectivity index (χ2n) is 2.88. The number of halogens is 1. The molecule has 0 fully saturated rings. The van der Waals surface area contributed by atoms with Crippen LogP contribution in [0.15, 0.2) is 22.7 Å². The number of benzene rings is 1. The van der Waals surface area contributed by atoms with Gasteiger partial charge in [-0.3, -0.25) is 0 Å². The lowest BCUT2D eigenvalue weighted by Gasteiger charge is -2.09. The first kappa shape index (κ1) is 12.6. The monoisotopic (exact) mass is 285 g/mol. The molecule has 0 bridgehead atoms. The van der Waals surface area contributed by atoms with Crippen LogP contribution in [-0.2, 0) is 4.79 Å². The average Bonchev–Trinajstić information content (AvgIpc) is 2.26. The summed E-state index contributed by atoms with van der Waals surface area (Å²) in [7, 11) is 3.04. The van der Waals surface area contributed by atoms with Gasteiger partial charge in [0.15, 0.2) is 11.5 Å². The number of carbonyl (C=O) groups excluding carboxylic acids is 1. The molecule has 0 atom stereocenters. The van der Waals surface area contributed by atoms with Crippen LogP contribution in [0.1, 0.15) is 5.56 Å². The molecule has 5 heteroatoms. The van der Waals surface area contributed by atoms with Gasteiger partial charge in [-0.25, -0.2) is 0 Å². The summed E-state index contributed by atoms with van der Waals surface area (Å²) >= 11 is 3.30. The van der Waals surface area contributed by atoms with E-state index in [1.165, 1.54) is 20.3 Å². The summed E-state index contributed by atoms with van der Waals surface area (Å²) in [5.41, 5.74) is 0.668. The highest BCUT2D eigenvalue weighted by molar-refractivity contribution is 9.10. The van der Waals surface area contributed by atoms with Crippen molar-refractivity contribution in [1.82, 2.24) is 0 Å². The second-order valence-corrected chi connectivity index (χ2v) is 3.74. The van der Waals surface area contributed by atoms with Gasteiger partial charge in [0.2, 0.25) is 0 Å². The number of ether oxygens (including phenoxy) is 2. The summed E-state index contributed by atoms with van der Waals surface area (Å²) < 4.78 is 10.9. The molecule has 0 aliphatic rings. The number of carboxylic acid groups (broad SMARTS) is 1. The van der Waals surface area contributed by atoms with E-state index in [1.54, 1.807) is 12.1 Å². The molecule has 0 spiro atoms. The van der Waals surface area contributed by atoms with Gasteiger partial charge in [-0.1, -0.05) is 22.0 Å². The Balaban J connectivity index is 3.16. The number of methoxy groups -OCH3 is 2. The lowest BCUT2D eigenvalue weighted by Crippen LogP contribution is -2.18. The fraction of sp³-hybridized carbons (Fsp3) is 0.182. The summed E-state index contributed by atoms with van der Waals surface area (Å²) in [6.45, 7) is 0. The van der Waals surface area contributed by atoms with Gasteiger partial charge in [0, 0.05) is 4.47 Å². The van der Waals surface area contributed by atoms with Crippen LogP contribution in [0.25, 0.3) is 6.08 Å². The van der Waals surface area contributed by atoms with Gasteiger partial charge in [0.25, 0.3) is 0 Å². The van der Waals surface area contributed by atoms with Crippen LogP contribution in [0.5, 0.6) is 11.5 Å². The zero-order chi connectivity index (χ0) is 12.1. The van der Waals surface area contributed by atoms with Crippen molar-refractivity contribution in [2.75, 3.05) is 14.2 Å². The molecule has 1 rings (SSSR count). The van der Waals surface area contributed by atoms with E-state index >= 15 is 0 Å². The highest BCUT2D eigenvalue weighted by Crippen LogP contribution is 2.33. The maximum absolute atomic E-state index is 10.3. The van der Waals surface area contributed by atoms with E-state index in [-0.39, 0.29) is 0 Å². The first-order valence-electron chi connectivity index (χ1n) is 4.39. The number of carbonyl (C=O) groups is 1. The largest absolute Gasteiger partial charge is 0.545 e. The Labute approximate surface area is 102 Å². The molecule has 0 radical (unpaired) electrons. The van der Waals surface area contributed by atoms with Gasteiger partial charge in [0.1, 0.15) is 0 Å². The van der Waals surface area contributed by atoms with Crippen LogP contribution in [0.4, 0.5) is 0 Å². The fourth-order valence-corrected chi connectivity index (χ4v) is 1.61. The van der Waals surface area contributed by atoms with Crippen molar-refractivity contribution in [3.8, 4) is 11.5 Å². The Morgan fingerprint density at radius 2 is 1.88 bits per heavy atom. The fourth-order valence-electron chi connectivity index (χ4n) is 1.16. The maximum atomic E-state index is 10.3. The Kier molecular flexibility index (Phi) is 4.37. The normalized spacial score (nSPS) is 10.4. The molecule has 1 aromatic carbocycles. The van der Waals surface area contributed by atoms with Crippen molar-refractivity contribution in [3.05, 3.63) is 28.2 Å². The third kappa shape index (κ3) is 3.00. The van der Waals surface area contributed by atoms with E-state index in [1.807, 2.05) is 0 Å². The molecule has 16 heavy (non-hydrogen) atoms. The molecule has 4 nitrogen and oxygen atoms in total. The molecule has 0 aliphatic carbocycles. The first-order chi connectivity index (χ1) is 7.58. The molecule has 0 amide bonds. The highest BCUT2D eigenvalue weighted by atomic mass is 79.9. The van der Waals surface area contributed by atoms with Gasteiger partial charge in [-0.2, -0.15) is 0 Å². The molecule has 0 saturated carbocycles. The minimum Gasteiger partial charge on any atom is -0.545 e. The SMILES string of the molecule is COc1cc(Br)c(/C=C/C(=O)[O-])cc1OC. The quantitative estimate of drug-likeness (QED) is 0.781. The van der Waals surface area contributed by atoms with Crippen LogP contribution >= 0.6 is 15.9 Å². The molecule has 0 saturated heterocycles. The van der Waals surface area contributed by atoms with Gasteiger partial charge in [-0.05, 0) is 23.8 Å². The van der Waals surface area contributed by atoms with Crippen LogP contribution in [0.3, 0.4) is 0 Å². The van der Waals surface area contributed by atoms with Gasteiger partial charge in [0.05, 0.1) is 20.2 Å². The van der Waals surface area contributed by atoms with Crippen molar-refractivity contribution in [2.45, 2.75) is 0 Å². The molecule has 0 heterocycles. The van der Waals surface area contributed by atoms with Crippen molar-refractivity contribution in [1.29, 1.82) is 0 Å². The Morgan fingerprint density at radius 3 is 2.38 bits per heavy atom. The van der Waals surface area contributed by atoms with Gasteiger partial charge < -0.3 is 19.4 Å². The number of hydrogen-bond donors (Lipinski definition) is 0. The maximum Gasteiger partial charge on any atom is 0.161 e. The van der Waals surface area contributed by atoms with Crippen LogP contribution < -0.4 is 14.6 Å². The first-order valence-corrected chi connectivity index (χ1v) is 5.18. The number of rotatable bonds is 4. The van der Waals surface area contributed by atoms with Crippen LogP contribution in [0, 0.1) is 0 Å². The summed E-state index contributed by atoms with van der Waals surface area (Å²) in [4.78, 5) is 10.3. The van der Waals surface area contributed by atoms with Gasteiger partial charge >= 0.3 is 0 Å². The number of aliphatic carboxylic acids is 1. The molecular formula is C11H10BrO4-. The van der Waals surface area contributed by atoms with Crippen molar-refractivity contribution < 1.29 is 19.4 Å². The van der Waals surface area contributed by atoms with E-state index in [2.05, 4.69) is 15.9 Å².